The van der Waals surface area contributed by atoms with Crippen LogP contribution < -0.4 is 9.58 Å². The first-order valence-electron chi connectivity index (χ1n) is 6.17. The lowest BCUT2D eigenvalue weighted by molar-refractivity contribution is -0.678. The molecule has 0 aliphatic carbocycles. The first-order valence-corrected chi connectivity index (χ1v) is 6.17. The Morgan fingerprint density at radius 2 is 1.75 bits per heavy atom. The Bertz CT molecular complexity index is 706. The molecular weight excluding hydrogens is 254 g/mol. The van der Waals surface area contributed by atoms with Crippen LogP contribution in [0.15, 0.2) is 60.8 Å². The summed E-state index contributed by atoms with van der Waals surface area (Å²) in [4.78, 5) is 2.09. The number of hydrogen-bond acceptors (Lipinski definition) is 3. The molecule has 0 bridgehead atoms. The SMILES string of the molecule is COc1ccc(-c2cnn(-c3ccccc3)[n+]2[O-])cc1. The van der Waals surface area contributed by atoms with Crippen LogP contribution in [0.3, 0.4) is 0 Å². The number of benzene rings is 2. The Balaban J connectivity index is 2.01. The average molecular weight is 267 g/mol. The summed E-state index contributed by atoms with van der Waals surface area (Å²) >= 11 is 0. The zero-order valence-corrected chi connectivity index (χ0v) is 10.9. The van der Waals surface area contributed by atoms with Gasteiger partial charge in [-0.25, -0.2) is 0 Å². The minimum absolute atomic E-state index is 0.497. The normalized spacial score (nSPS) is 10.4. The lowest BCUT2D eigenvalue weighted by Gasteiger charge is -2.07. The van der Waals surface area contributed by atoms with Crippen molar-refractivity contribution in [3.63, 3.8) is 0 Å². The minimum atomic E-state index is 0.497. The molecule has 0 aliphatic heterocycles. The molecule has 0 aliphatic rings. The van der Waals surface area contributed by atoms with Crippen molar-refractivity contribution in [3.8, 4) is 22.7 Å². The summed E-state index contributed by atoms with van der Waals surface area (Å²) in [6, 6.07) is 16.6. The third-order valence-electron chi connectivity index (χ3n) is 3.04. The van der Waals surface area contributed by atoms with Crippen molar-refractivity contribution >= 4 is 0 Å². The molecule has 3 aromatic rings. The molecule has 0 spiro atoms. The van der Waals surface area contributed by atoms with Crippen LogP contribution in [0.25, 0.3) is 16.9 Å². The van der Waals surface area contributed by atoms with E-state index in [1.54, 1.807) is 13.3 Å². The smallest absolute Gasteiger partial charge is 0.215 e. The van der Waals surface area contributed by atoms with Crippen LogP contribution in [0.5, 0.6) is 5.75 Å². The first-order chi connectivity index (χ1) is 9.79. The third-order valence-corrected chi connectivity index (χ3v) is 3.04. The van der Waals surface area contributed by atoms with E-state index in [1.807, 2.05) is 54.6 Å². The van der Waals surface area contributed by atoms with Gasteiger partial charge in [0.15, 0.2) is 0 Å². The summed E-state index contributed by atoms with van der Waals surface area (Å²) in [7, 11) is 1.61. The number of aromatic nitrogens is 3. The summed E-state index contributed by atoms with van der Waals surface area (Å²) in [6.45, 7) is 0. The quantitative estimate of drug-likeness (QED) is 0.540. The second-order valence-corrected chi connectivity index (χ2v) is 4.26. The molecule has 0 fully saturated rings. The van der Waals surface area contributed by atoms with Gasteiger partial charge in [0.2, 0.25) is 11.9 Å². The molecule has 5 heteroatoms. The summed E-state index contributed by atoms with van der Waals surface area (Å²) in [6.07, 6.45) is 1.56. The maximum Gasteiger partial charge on any atom is 0.215 e. The molecule has 2 aromatic carbocycles. The van der Waals surface area contributed by atoms with Gasteiger partial charge in [-0.1, -0.05) is 18.2 Å². The number of methoxy groups -OCH3 is 1. The highest BCUT2D eigenvalue weighted by molar-refractivity contribution is 5.56. The van der Waals surface area contributed by atoms with E-state index in [0.29, 0.717) is 5.69 Å². The fourth-order valence-electron chi connectivity index (χ4n) is 1.99. The lowest BCUT2D eigenvalue weighted by atomic mass is 10.2. The van der Waals surface area contributed by atoms with E-state index in [4.69, 9.17) is 4.74 Å². The summed E-state index contributed by atoms with van der Waals surface area (Å²) in [5.41, 5.74) is 2.02. The molecule has 100 valence electrons. The van der Waals surface area contributed by atoms with Crippen molar-refractivity contribution in [2.24, 2.45) is 0 Å². The average Bonchev–Trinajstić information content (AvgIpc) is 2.90. The van der Waals surface area contributed by atoms with Crippen molar-refractivity contribution in [3.05, 3.63) is 66.0 Å². The van der Waals surface area contributed by atoms with Gasteiger partial charge in [-0.2, -0.15) is 0 Å². The van der Waals surface area contributed by atoms with E-state index in [9.17, 15) is 5.21 Å². The first kappa shape index (κ1) is 12.2. The molecule has 0 N–H and O–H groups in total. The number of hydrogen-bond donors (Lipinski definition) is 0. The van der Waals surface area contributed by atoms with Crippen LogP contribution in [-0.2, 0) is 0 Å². The summed E-state index contributed by atoms with van der Waals surface area (Å²) in [5.74, 6) is 0.752. The zero-order chi connectivity index (χ0) is 13.9. The molecule has 1 heterocycles. The van der Waals surface area contributed by atoms with Crippen LogP contribution in [0, 0.1) is 5.21 Å². The predicted octanol–water partition coefficient (Wildman–Crippen LogP) is 2.18. The van der Waals surface area contributed by atoms with Crippen LogP contribution in [-0.4, -0.2) is 17.0 Å². The van der Waals surface area contributed by atoms with E-state index < -0.39 is 0 Å². The molecule has 0 saturated heterocycles. The van der Waals surface area contributed by atoms with Crippen LogP contribution in [0.2, 0.25) is 0 Å². The highest BCUT2D eigenvalue weighted by Gasteiger charge is 2.15. The highest BCUT2D eigenvalue weighted by Crippen LogP contribution is 2.19. The van der Waals surface area contributed by atoms with Crippen molar-refractivity contribution < 1.29 is 9.58 Å². The van der Waals surface area contributed by atoms with Crippen molar-refractivity contribution in [2.45, 2.75) is 0 Å². The second-order valence-electron chi connectivity index (χ2n) is 4.26. The van der Waals surface area contributed by atoms with E-state index in [-0.39, 0.29) is 0 Å². The van der Waals surface area contributed by atoms with E-state index in [1.165, 1.54) is 4.80 Å². The molecule has 0 amide bonds. The predicted molar refractivity (Wildman–Crippen MR) is 74.5 cm³/mol. The van der Waals surface area contributed by atoms with Gasteiger partial charge < -0.3 is 9.94 Å². The Hall–Kier alpha value is -2.82. The highest BCUT2D eigenvalue weighted by atomic mass is 16.5. The maximum absolute atomic E-state index is 12.3. The van der Waals surface area contributed by atoms with Crippen LogP contribution in [0.4, 0.5) is 0 Å². The molecular formula is C15H13N3O2. The maximum atomic E-state index is 12.3. The Morgan fingerprint density at radius 1 is 1.05 bits per heavy atom. The summed E-state index contributed by atoms with van der Waals surface area (Å²) in [5, 5.41) is 16.5. The van der Waals surface area contributed by atoms with E-state index in [2.05, 4.69) is 5.10 Å². The topological polar surface area (TPSA) is 54.0 Å². The Labute approximate surface area is 116 Å². The third kappa shape index (κ3) is 2.09. The standard InChI is InChI=1S/C15H13N3O2/c1-20-14-9-7-12(8-10-14)15-11-16-17(18(15)19)13-5-3-2-4-6-13/h2-11H,1H3. The van der Waals surface area contributed by atoms with E-state index >= 15 is 0 Å². The van der Waals surface area contributed by atoms with Gasteiger partial charge in [0.05, 0.1) is 7.11 Å². The Kier molecular flexibility index (Phi) is 3.09. The number of rotatable bonds is 3. The monoisotopic (exact) mass is 267 g/mol. The Morgan fingerprint density at radius 3 is 2.40 bits per heavy atom. The molecule has 0 saturated carbocycles. The number of nitrogens with zero attached hydrogens (tertiary/aromatic N) is 3. The lowest BCUT2D eigenvalue weighted by Crippen LogP contribution is -2.38. The van der Waals surface area contributed by atoms with Gasteiger partial charge in [0, 0.05) is 10.7 Å². The molecule has 3 rings (SSSR count). The molecule has 20 heavy (non-hydrogen) atoms. The van der Waals surface area contributed by atoms with E-state index in [0.717, 1.165) is 21.8 Å². The van der Waals surface area contributed by atoms with Crippen LogP contribution in [0.1, 0.15) is 0 Å². The molecule has 5 nitrogen and oxygen atoms in total. The van der Waals surface area contributed by atoms with Crippen molar-refractivity contribution in [1.82, 2.24) is 9.90 Å². The molecule has 0 atom stereocenters. The van der Waals surface area contributed by atoms with Gasteiger partial charge >= 0.3 is 0 Å². The molecule has 1 aromatic heterocycles. The van der Waals surface area contributed by atoms with Gasteiger partial charge in [-0.3, -0.25) is 0 Å². The van der Waals surface area contributed by atoms with Crippen LogP contribution >= 0.6 is 0 Å². The fraction of sp³-hybridized carbons (Fsp3) is 0.0667. The summed E-state index contributed by atoms with van der Waals surface area (Å²) < 4.78 is 5.10. The molecule has 0 unspecified atom stereocenters. The van der Waals surface area contributed by atoms with Crippen molar-refractivity contribution in [2.75, 3.05) is 7.11 Å². The van der Waals surface area contributed by atoms with Gasteiger partial charge in [-0.15, -0.1) is 4.85 Å². The largest absolute Gasteiger partial charge is 0.692 e. The number of ether oxygens (including phenoxy) is 1. The minimum Gasteiger partial charge on any atom is -0.692 e. The van der Waals surface area contributed by atoms with Gasteiger partial charge in [0.25, 0.3) is 0 Å². The van der Waals surface area contributed by atoms with Crippen molar-refractivity contribution in [1.29, 1.82) is 0 Å². The van der Waals surface area contributed by atoms with Gasteiger partial charge in [-0.05, 0) is 41.2 Å². The zero-order valence-electron chi connectivity index (χ0n) is 10.9. The second kappa shape index (κ2) is 5.05. The fourth-order valence-corrected chi connectivity index (χ4v) is 1.99. The number of para-hydroxylation sites is 1. The molecule has 0 radical (unpaired) electrons. The van der Waals surface area contributed by atoms with Gasteiger partial charge in [0.1, 0.15) is 11.4 Å².